The molecular formula is C10H15NO4. The summed E-state index contributed by atoms with van der Waals surface area (Å²) in [6.45, 7) is 2.82. The zero-order valence-corrected chi connectivity index (χ0v) is 8.59. The quantitative estimate of drug-likeness (QED) is 0.626. The van der Waals surface area contributed by atoms with Crippen LogP contribution in [0.4, 0.5) is 0 Å². The van der Waals surface area contributed by atoms with E-state index in [1.54, 1.807) is 4.90 Å². The van der Waals surface area contributed by atoms with Gasteiger partial charge in [-0.1, -0.05) is 6.92 Å². The molecule has 0 aromatic rings. The molecule has 1 aliphatic heterocycles. The average molecular weight is 213 g/mol. The molecule has 2 N–H and O–H groups in total. The molecule has 0 aromatic carbocycles. The van der Waals surface area contributed by atoms with Crippen molar-refractivity contribution in [2.24, 2.45) is 5.92 Å². The largest absolute Gasteiger partial charge is 0.478 e. The van der Waals surface area contributed by atoms with Crippen LogP contribution >= 0.6 is 0 Å². The number of carboxylic acid groups (broad SMARTS) is 1. The van der Waals surface area contributed by atoms with Gasteiger partial charge in [-0.3, -0.25) is 4.79 Å². The van der Waals surface area contributed by atoms with Crippen LogP contribution in [0.2, 0.25) is 0 Å². The van der Waals surface area contributed by atoms with E-state index in [0.29, 0.717) is 19.5 Å². The molecule has 0 radical (unpaired) electrons. The highest BCUT2D eigenvalue weighted by molar-refractivity contribution is 5.93. The van der Waals surface area contributed by atoms with Gasteiger partial charge in [0.15, 0.2) is 0 Å². The minimum atomic E-state index is -1.13. The monoisotopic (exact) mass is 213 g/mol. The maximum Gasteiger partial charge on any atom is 0.328 e. The predicted molar refractivity (Wildman–Crippen MR) is 53.1 cm³/mol. The molecular weight excluding hydrogens is 198 g/mol. The average Bonchev–Trinajstić information content (AvgIpc) is 2.18. The zero-order valence-electron chi connectivity index (χ0n) is 8.59. The summed E-state index contributed by atoms with van der Waals surface area (Å²) >= 11 is 0. The van der Waals surface area contributed by atoms with E-state index >= 15 is 0 Å². The molecule has 1 rings (SSSR count). The Balaban J connectivity index is 2.51. The van der Waals surface area contributed by atoms with Crippen molar-refractivity contribution in [3.8, 4) is 0 Å². The molecule has 2 atom stereocenters. The lowest BCUT2D eigenvalue weighted by molar-refractivity contribution is -0.133. The van der Waals surface area contributed by atoms with Gasteiger partial charge < -0.3 is 15.1 Å². The number of nitrogens with zero attached hydrogens (tertiary/aromatic N) is 1. The van der Waals surface area contributed by atoms with Crippen LogP contribution in [0.5, 0.6) is 0 Å². The van der Waals surface area contributed by atoms with Gasteiger partial charge in [-0.2, -0.15) is 0 Å². The number of aliphatic hydroxyl groups excluding tert-OH is 1. The highest BCUT2D eigenvalue weighted by atomic mass is 16.4. The van der Waals surface area contributed by atoms with Crippen molar-refractivity contribution in [2.75, 3.05) is 13.1 Å². The number of carboxylic acids is 1. The summed E-state index contributed by atoms with van der Waals surface area (Å²) in [5, 5.41) is 17.8. The van der Waals surface area contributed by atoms with Gasteiger partial charge in [-0.05, 0) is 12.3 Å². The van der Waals surface area contributed by atoms with Crippen molar-refractivity contribution in [1.29, 1.82) is 0 Å². The SMILES string of the molecule is C[C@@H]1CN(C(=O)/C=C/C(=O)O)CC[C@H]1O. The van der Waals surface area contributed by atoms with E-state index in [-0.39, 0.29) is 17.9 Å². The van der Waals surface area contributed by atoms with Crippen LogP contribution < -0.4 is 0 Å². The molecule has 15 heavy (non-hydrogen) atoms. The first-order valence-electron chi connectivity index (χ1n) is 4.88. The number of amides is 1. The lowest BCUT2D eigenvalue weighted by Gasteiger charge is -2.33. The second-order valence-electron chi connectivity index (χ2n) is 3.79. The van der Waals surface area contributed by atoms with Crippen LogP contribution in [0.15, 0.2) is 12.2 Å². The van der Waals surface area contributed by atoms with Crippen molar-refractivity contribution in [3.63, 3.8) is 0 Å². The lowest BCUT2D eigenvalue weighted by Crippen LogP contribution is -2.44. The van der Waals surface area contributed by atoms with Gasteiger partial charge in [-0.25, -0.2) is 4.79 Å². The maximum absolute atomic E-state index is 11.4. The third-order valence-electron chi connectivity index (χ3n) is 2.54. The van der Waals surface area contributed by atoms with E-state index in [1.807, 2.05) is 6.92 Å². The van der Waals surface area contributed by atoms with Gasteiger partial charge >= 0.3 is 5.97 Å². The van der Waals surface area contributed by atoms with E-state index in [0.717, 1.165) is 12.2 Å². The number of aliphatic carboxylic acids is 1. The number of carbonyl (C=O) groups is 2. The fourth-order valence-corrected chi connectivity index (χ4v) is 1.58. The molecule has 0 spiro atoms. The summed E-state index contributed by atoms with van der Waals surface area (Å²) in [6, 6.07) is 0. The highest BCUT2D eigenvalue weighted by Crippen LogP contribution is 2.16. The molecule has 0 saturated carbocycles. The Morgan fingerprint density at radius 3 is 2.60 bits per heavy atom. The molecule has 0 bridgehead atoms. The van der Waals surface area contributed by atoms with Gasteiger partial charge in [-0.15, -0.1) is 0 Å². The summed E-state index contributed by atoms with van der Waals surface area (Å²) < 4.78 is 0. The number of rotatable bonds is 2. The van der Waals surface area contributed by atoms with Crippen molar-refractivity contribution < 1.29 is 19.8 Å². The number of piperidine rings is 1. The highest BCUT2D eigenvalue weighted by Gasteiger charge is 2.25. The van der Waals surface area contributed by atoms with Crippen LogP contribution in [0.25, 0.3) is 0 Å². The van der Waals surface area contributed by atoms with Gasteiger partial charge in [0.25, 0.3) is 0 Å². The van der Waals surface area contributed by atoms with Crippen LogP contribution in [0.3, 0.4) is 0 Å². The maximum atomic E-state index is 11.4. The number of aliphatic hydroxyl groups is 1. The smallest absolute Gasteiger partial charge is 0.328 e. The van der Waals surface area contributed by atoms with Gasteiger partial charge in [0.2, 0.25) is 5.91 Å². The van der Waals surface area contributed by atoms with Gasteiger partial charge in [0.1, 0.15) is 0 Å². The van der Waals surface area contributed by atoms with Gasteiger partial charge in [0.05, 0.1) is 6.10 Å². The van der Waals surface area contributed by atoms with Crippen molar-refractivity contribution >= 4 is 11.9 Å². The molecule has 0 aliphatic carbocycles. The summed E-state index contributed by atoms with van der Waals surface area (Å²) in [6.07, 6.45) is 2.07. The molecule has 1 aliphatic rings. The standard InChI is InChI=1S/C10H15NO4/c1-7-6-11(5-4-8(7)12)9(13)2-3-10(14)15/h2-3,7-8,12H,4-6H2,1H3,(H,14,15)/b3-2+/t7-,8-/m1/s1. The molecule has 5 nitrogen and oxygen atoms in total. The molecule has 84 valence electrons. The first-order valence-corrected chi connectivity index (χ1v) is 4.88. The zero-order chi connectivity index (χ0) is 11.4. The Kier molecular flexibility index (Phi) is 3.85. The minimum absolute atomic E-state index is 0.0425. The normalized spacial score (nSPS) is 26.9. The lowest BCUT2D eigenvalue weighted by atomic mass is 9.97. The topological polar surface area (TPSA) is 77.8 Å². The van der Waals surface area contributed by atoms with E-state index in [1.165, 1.54) is 0 Å². The minimum Gasteiger partial charge on any atom is -0.478 e. The second-order valence-corrected chi connectivity index (χ2v) is 3.79. The number of hydrogen-bond acceptors (Lipinski definition) is 3. The predicted octanol–water partition coefficient (Wildman–Crippen LogP) is -0.144. The van der Waals surface area contributed by atoms with Crippen LogP contribution in [0, 0.1) is 5.92 Å². The molecule has 1 amide bonds. The van der Waals surface area contributed by atoms with Crippen LogP contribution in [-0.2, 0) is 9.59 Å². The van der Waals surface area contributed by atoms with E-state index in [4.69, 9.17) is 5.11 Å². The van der Waals surface area contributed by atoms with Crippen molar-refractivity contribution in [1.82, 2.24) is 4.90 Å². The van der Waals surface area contributed by atoms with E-state index in [9.17, 15) is 14.7 Å². The van der Waals surface area contributed by atoms with E-state index < -0.39 is 5.97 Å². The molecule has 1 saturated heterocycles. The Morgan fingerprint density at radius 1 is 1.40 bits per heavy atom. The third-order valence-corrected chi connectivity index (χ3v) is 2.54. The van der Waals surface area contributed by atoms with Crippen molar-refractivity contribution in [3.05, 3.63) is 12.2 Å². The Labute approximate surface area is 88.0 Å². The molecule has 0 aromatic heterocycles. The van der Waals surface area contributed by atoms with E-state index in [2.05, 4.69) is 0 Å². The van der Waals surface area contributed by atoms with Gasteiger partial charge in [0, 0.05) is 25.2 Å². The van der Waals surface area contributed by atoms with Crippen LogP contribution in [0.1, 0.15) is 13.3 Å². The molecule has 0 unspecified atom stereocenters. The summed E-state index contributed by atoms with van der Waals surface area (Å²) in [5.41, 5.74) is 0. The second kappa shape index (κ2) is 4.93. The number of carbonyl (C=O) groups excluding carboxylic acids is 1. The first-order chi connectivity index (χ1) is 7.00. The summed E-state index contributed by atoms with van der Waals surface area (Å²) in [7, 11) is 0. The Hall–Kier alpha value is -1.36. The van der Waals surface area contributed by atoms with Crippen LogP contribution in [-0.4, -0.2) is 46.2 Å². The summed E-state index contributed by atoms with van der Waals surface area (Å²) in [5.74, 6) is -1.40. The summed E-state index contributed by atoms with van der Waals surface area (Å²) in [4.78, 5) is 23.2. The first kappa shape index (κ1) is 11.7. The molecule has 5 heteroatoms. The fraction of sp³-hybridized carbons (Fsp3) is 0.600. The number of hydrogen-bond donors (Lipinski definition) is 2. The number of likely N-dealkylation sites (tertiary alicyclic amines) is 1. The Bertz CT molecular complexity index is 287. The van der Waals surface area contributed by atoms with Crippen molar-refractivity contribution in [2.45, 2.75) is 19.4 Å². The fourth-order valence-electron chi connectivity index (χ4n) is 1.58. The molecule has 1 heterocycles. The third kappa shape index (κ3) is 3.36. The molecule has 1 fully saturated rings. The Morgan fingerprint density at radius 2 is 2.07 bits per heavy atom.